The molecule has 0 fully saturated rings. The van der Waals surface area contributed by atoms with E-state index in [0.717, 1.165) is 5.56 Å². The maximum atomic E-state index is 11.5. The third kappa shape index (κ3) is 3.66. The highest BCUT2D eigenvalue weighted by molar-refractivity contribution is 5.89. The highest BCUT2D eigenvalue weighted by Gasteiger charge is 2.13. The first-order chi connectivity index (χ1) is 10.1. The number of nitro benzene ring substituents is 1. The van der Waals surface area contributed by atoms with Crippen LogP contribution in [0, 0.1) is 10.1 Å². The third-order valence-corrected chi connectivity index (χ3v) is 3.05. The van der Waals surface area contributed by atoms with Crippen molar-refractivity contribution in [2.45, 2.75) is 13.3 Å². The molecule has 0 heterocycles. The first-order valence-corrected chi connectivity index (χ1v) is 6.60. The molecule has 2 aromatic rings. The molecular weight excluding hydrogens is 270 g/mol. The van der Waals surface area contributed by atoms with Gasteiger partial charge in [-0.2, -0.15) is 0 Å². The quantitative estimate of drug-likeness (QED) is 0.480. The average Bonchev–Trinajstić information content (AvgIpc) is 2.48. The molecule has 0 saturated heterocycles. The number of para-hydroxylation sites is 1. The topological polar surface area (TPSA) is 69.4 Å². The lowest BCUT2D eigenvalue weighted by atomic mass is 10.0. The van der Waals surface area contributed by atoms with E-state index < -0.39 is 0 Å². The Labute approximate surface area is 122 Å². The monoisotopic (exact) mass is 285 g/mol. The van der Waals surface area contributed by atoms with E-state index in [4.69, 9.17) is 4.74 Å². The first kappa shape index (κ1) is 14.7. The van der Waals surface area contributed by atoms with Gasteiger partial charge in [0.2, 0.25) is 0 Å². The van der Waals surface area contributed by atoms with Crippen molar-refractivity contribution in [1.29, 1.82) is 0 Å². The second kappa shape index (κ2) is 6.65. The number of hydrogen-bond acceptors (Lipinski definition) is 4. The van der Waals surface area contributed by atoms with Gasteiger partial charge in [-0.1, -0.05) is 30.3 Å². The van der Waals surface area contributed by atoms with Crippen LogP contribution >= 0.6 is 0 Å². The van der Waals surface area contributed by atoms with Crippen molar-refractivity contribution < 1.29 is 14.5 Å². The van der Waals surface area contributed by atoms with Crippen molar-refractivity contribution in [3.05, 3.63) is 75.3 Å². The molecule has 0 saturated carbocycles. The molecule has 0 unspecified atom stereocenters. The summed E-state index contributed by atoms with van der Waals surface area (Å²) >= 11 is 0. The number of nitro groups is 1. The molecule has 0 radical (unpaired) electrons. The summed E-state index contributed by atoms with van der Waals surface area (Å²) in [6.45, 7) is 2.08. The van der Waals surface area contributed by atoms with Crippen LogP contribution in [0.2, 0.25) is 0 Å². The molecule has 0 aliphatic carbocycles. The number of carbonyl (C=O) groups excluding carboxylic acids is 1. The van der Waals surface area contributed by atoms with Gasteiger partial charge in [-0.3, -0.25) is 10.1 Å². The molecule has 2 aromatic carbocycles. The molecule has 0 atom stereocenters. The molecule has 21 heavy (non-hydrogen) atoms. The van der Waals surface area contributed by atoms with Crippen LogP contribution in [0.25, 0.3) is 0 Å². The molecule has 0 aromatic heterocycles. The van der Waals surface area contributed by atoms with Gasteiger partial charge in [0, 0.05) is 18.1 Å². The predicted molar refractivity (Wildman–Crippen MR) is 78.3 cm³/mol. The van der Waals surface area contributed by atoms with Crippen molar-refractivity contribution >= 4 is 11.7 Å². The van der Waals surface area contributed by atoms with Gasteiger partial charge in [0.1, 0.15) is 0 Å². The van der Waals surface area contributed by atoms with E-state index >= 15 is 0 Å². The van der Waals surface area contributed by atoms with E-state index in [0.29, 0.717) is 24.2 Å². The highest BCUT2D eigenvalue weighted by Crippen LogP contribution is 2.21. The maximum Gasteiger partial charge on any atom is 0.338 e. The van der Waals surface area contributed by atoms with Gasteiger partial charge in [-0.05, 0) is 24.6 Å². The number of benzene rings is 2. The molecule has 0 bridgehead atoms. The summed E-state index contributed by atoms with van der Waals surface area (Å²) in [6, 6.07) is 13.5. The maximum absolute atomic E-state index is 11.5. The number of nitrogens with zero attached hydrogens (tertiary/aromatic N) is 1. The second-order valence-corrected chi connectivity index (χ2v) is 4.48. The summed E-state index contributed by atoms with van der Waals surface area (Å²) < 4.78 is 4.91. The zero-order chi connectivity index (χ0) is 15.2. The van der Waals surface area contributed by atoms with Gasteiger partial charge >= 0.3 is 5.97 Å². The zero-order valence-electron chi connectivity index (χ0n) is 11.6. The molecule has 108 valence electrons. The Morgan fingerprint density at radius 2 is 1.81 bits per heavy atom. The summed E-state index contributed by atoms with van der Waals surface area (Å²) in [7, 11) is 0. The van der Waals surface area contributed by atoms with E-state index in [1.165, 1.54) is 6.07 Å². The third-order valence-electron chi connectivity index (χ3n) is 3.05. The van der Waals surface area contributed by atoms with Gasteiger partial charge < -0.3 is 4.74 Å². The lowest BCUT2D eigenvalue weighted by molar-refractivity contribution is -0.385. The fourth-order valence-electron chi connectivity index (χ4n) is 2.03. The number of carbonyl (C=O) groups is 1. The Morgan fingerprint density at radius 1 is 1.14 bits per heavy atom. The predicted octanol–water partition coefficient (Wildman–Crippen LogP) is 3.36. The minimum Gasteiger partial charge on any atom is -0.462 e. The van der Waals surface area contributed by atoms with Gasteiger partial charge in [-0.15, -0.1) is 0 Å². The fourth-order valence-corrected chi connectivity index (χ4v) is 2.03. The van der Waals surface area contributed by atoms with E-state index in [2.05, 4.69) is 0 Å². The molecule has 0 aliphatic rings. The van der Waals surface area contributed by atoms with Crippen molar-refractivity contribution in [1.82, 2.24) is 0 Å². The Kier molecular flexibility index (Phi) is 4.66. The van der Waals surface area contributed by atoms with Crippen LogP contribution in [-0.2, 0) is 11.2 Å². The van der Waals surface area contributed by atoms with Crippen LogP contribution < -0.4 is 0 Å². The van der Waals surface area contributed by atoms with Crippen molar-refractivity contribution in [2.24, 2.45) is 0 Å². The number of hydrogen-bond donors (Lipinski definition) is 0. The number of ether oxygens (including phenoxy) is 1. The summed E-state index contributed by atoms with van der Waals surface area (Å²) in [5.41, 5.74) is 2.12. The minimum atomic E-state index is -0.387. The Hall–Kier alpha value is -2.69. The Morgan fingerprint density at radius 3 is 2.43 bits per heavy atom. The van der Waals surface area contributed by atoms with E-state index in [1.54, 1.807) is 49.4 Å². The summed E-state index contributed by atoms with van der Waals surface area (Å²) in [5.74, 6) is -0.366. The van der Waals surface area contributed by atoms with Crippen LogP contribution in [-0.4, -0.2) is 17.5 Å². The molecule has 0 amide bonds. The average molecular weight is 285 g/mol. The molecule has 2 rings (SSSR count). The van der Waals surface area contributed by atoms with Gasteiger partial charge in [0.15, 0.2) is 0 Å². The van der Waals surface area contributed by atoms with Crippen LogP contribution in [0.4, 0.5) is 5.69 Å². The normalized spacial score (nSPS) is 10.1. The van der Waals surface area contributed by atoms with Crippen LogP contribution in [0.3, 0.4) is 0 Å². The largest absolute Gasteiger partial charge is 0.462 e. The van der Waals surface area contributed by atoms with E-state index in [-0.39, 0.29) is 16.6 Å². The minimum absolute atomic E-state index is 0.104. The number of rotatable bonds is 5. The number of esters is 1. The summed E-state index contributed by atoms with van der Waals surface area (Å²) in [5, 5.41) is 11.0. The SMILES string of the molecule is CCOC(=O)c1ccc(Cc2ccccc2[N+](=O)[O-])cc1. The molecule has 0 N–H and O–H groups in total. The Bertz CT molecular complexity index is 650. The fraction of sp³-hybridized carbons (Fsp3) is 0.188. The second-order valence-electron chi connectivity index (χ2n) is 4.48. The summed E-state index contributed by atoms with van der Waals surface area (Å²) in [4.78, 5) is 22.1. The van der Waals surface area contributed by atoms with E-state index in [9.17, 15) is 14.9 Å². The lowest BCUT2D eigenvalue weighted by Gasteiger charge is -2.05. The highest BCUT2D eigenvalue weighted by atomic mass is 16.6. The molecule has 0 aliphatic heterocycles. The molecule has 5 heteroatoms. The van der Waals surface area contributed by atoms with Gasteiger partial charge in [-0.25, -0.2) is 4.79 Å². The first-order valence-electron chi connectivity index (χ1n) is 6.60. The zero-order valence-corrected chi connectivity index (χ0v) is 11.6. The van der Waals surface area contributed by atoms with Crippen molar-refractivity contribution in [3.8, 4) is 0 Å². The van der Waals surface area contributed by atoms with Gasteiger partial charge in [0.25, 0.3) is 5.69 Å². The van der Waals surface area contributed by atoms with Crippen LogP contribution in [0.15, 0.2) is 48.5 Å². The standard InChI is InChI=1S/C16H15NO4/c1-2-21-16(18)13-9-7-12(8-10-13)11-14-5-3-4-6-15(14)17(19)20/h3-10H,2,11H2,1H3. The lowest BCUT2D eigenvalue weighted by Crippen LogP contribution is -2.04. The van der Waals surface area contributed by atoms with Crippen LogP contribution in [0.5, 0.6) is 0 Å². The Balaban J connectivity index is 2.18. The molecular formula is C16H15NO4. The summed E-state index contributed by atoms with van der Waals surface area (Å²) in [6.07, 6.45) is 0.445. The van der Waals surface area contributed by atoms with Crippen LogP contribution in [0.1, 0.15) is 28.4 Å². The van der Waals surface area contributed by atoms with E-state index in [1.807, 2.05) is 0 Å². The smallest absolute Gasteiger partial charge is 0.338 e. The molecule has 0 spiro atoms. The van der Waals surface area contributed by atoms with Crippen molar-refractivity contribution in [3.63, 3.8) is 0 Å². The van der Waals surface area contributed by atoms with Crippen molar-refractivity contribution in [2.75, 3.05) is 6.61 Å². The molecule has 5 nitrogen and oxygen atoms in total. The van der Waals surface area contributed by atoms with Gasteiger partial charge in [0.05, 0.1) is 17.1 Å².